The minimum atomic E-state index is 0.762. The first-order chi connectivity index (χ1) is 9.29. The Bertz CT molecular complexity index is 582. The number of H-pyrrole nitrogens is 1. The maximum Gasteiger partial charge on any atom is 0.114 e. The Morgan fingerprint density at radius 1 is 1.26 bits per heavy atom. The molecule has 0 amide bonds. The predicted molar refractivity (Wildman–Crippen MR) is 77.3 cm³/mol. The average molecular weight is 274 g/mol. The standard InChI is InChI=1S/C14H18N4S/c1-18-9-2-3-10(18)7-12(6-9)19-11-4-5-13-14(8-11)16-17-15-13/h4-5,8-10,12H,2-3,6-7H2,1H3,(H,15,16,17)/t9-,10+,12-. The summed E-state index contributed by atoms with van der Waals surface area (Å²) in [6.45, 7) is 0. The van der Waals surface area contributed by atoms with Crippen LogP contribution in [0, 0.1) is 0 Å². The number of hydrogen-bond donors (Lipinski definition) is 1. The van der Waals surface area contributed by atoms with Gasteiger partial charge in [0.1, 0.15) is 5.52 Å². The molecular formula is C14H18N4S. The molecule has 100 valence electrons. The largest absolute Gasteiger partial charge is 0.300 e. The van der Waals surface area contributed by atoms with Crippen LogP contribution in [0.4, 0.5) is 0 Å². The number of nitrogens with zero attached hydrogens (tertiary/aromatic N) is 3. The first-order valence-electron chi connectivity index (χ1n) is 6.99. The molecule has 2 fully saturated rings. The number of rotatable bonds is 2. The zero-order valence-electron chi connectivity index (χ0n) is 11.0. The second kappa shape index (κ2) is 4.49. The number of nitrogens with one attached hydrogen (secondary N) is 1. The van der Waals surface area contributed by atoms with Gasteiger partial charge in [-0.3, -0.25) is 5.10 Å². The van der Waals surface area contributed by atoms with Gasteiger partial charge in [-0.05, 0) is 50.9 Å². The molecule has 0 aliphatic carbocycles. The van der Waals surface area contributed by atoms with Crippen molar-refractivity contribution in [3.63, 3.8) is 0 Å². The smallest absolute Gasteiger partial charge is 0.114 e. The van der Waals surface area contributed by atoms with Gasteiger partial charge in [0.25, 0.3) is 0 Å². The molecule has 3 heterocycles. The molecular weight excluding hydrogens is 256 g/mol. The van der Waals surface area contributed by atoms with Gasteiger partial charge in [-0.1, -0.05) is 5.21 Å². The van der Waals surface area contributed by atoms with E-state index in [0.29, 0.717) is 0 Å². The molecule has 2 saturated heterocycles. The lowest BCUT2D eigenvalue weighted by Gasteiger charge is -2.36. The third-order valence-electron chi connectivity index (χ3n) is 4.66. The Balaban J connectivity index is 1.52. The second-order valence-electron chi connectivity index (χ2n) is 5.75. The molecule has 0 saturated carbocycles. The van der Waals surface area contributed by atoms with Gasteiger partial charge >= 0.3 is 0 Å². The zero-order chi connectivity index (χ0) is 12.8. The topological polar surface area (TPSA) is 44.8 Å². The van der Waals surface area contributed by atoms with Crippen molar-refractivity contribution in [2.45, 2.75) is 47.9 Å². The quantitative estimate of drug-likeness (QED) is 0.914. The lowest BCUT2D eigenvalue weighted by atomic mass is 10.0. The van der Waals surface area contributed by atoms with Crippen LogP contribution in [0.2, 0.25) is 0 Å². The van der Waals surface area contributed by atoms with Crippen molar-refractivity contribution in [3.8, 4) is 0 Å². The van der Waals surface area contributed by atoms with E-state index in [1.807, 2.05) is 11.8 Å². The summed E-state index contributed by atoms with van der Waals surface area (Å²) in [5, 5.41) is 11.6. The van der Waals surface area contributed by atoms with Gasteiger partial charge < -0.3 is 4.90 Å². The number of thioether (sulfide) groups is 1. The van der Waals surface area contributed by atoms with Gasteiger partial charge in [-0.15, -0.1) is 16.9 Å². The average Bonchev–Trinajstić information content (AvgIpc) is 2.92. The first-order valence-corrected chi connectivity index (χ1v) is 7.87. The Kier molecular flexibility index (Phi) is 2.77. The minimum Gasteiger partial charge on any atom is -0.300 e. The molecule has 0 unspecified atom stereocenters. The van der Waals surface area contributed by atoms with E-state index in [0.717, 1.165) is 28.4 Å². The summed E-state index contributed by atoms with van der Waals surface area (Å²) < 4.78 is 0. The Hall–Kier alpha value is -1.07. The monoisotopic (exact) mass is 274 g/mol. The van der Waals surface area contributed by atoms with E-state index in [-0.39, 0.29) is 0 Å². The maximum absolute atomic E-state index is 4.10. The first kappa shape index (κ1) is 11.7. The lowest BCUT2D eigenvalue weighted by Crippen LogP contribution is -2.40. The molecule has 2 aliphatic heterocycles. The van der Waals surface area contributed by atoms with Crippen molar-refractivity contribution in [2.24, 2.45) is 0 Å². The molecule has 2 aromatic rings. The zero-order valence-corrected chi connectivity index (χ0v) is 11.9. The van der Waals surface area contributed by atoms with Crippen molar-refractivity contribution >= 4 is 22.8 Å². The fraction of sp³-hybridized carbons (Fsp3) is 0.571. The van der Waals surface area contributed by atoms with Crippen molar-refractivity contribution < 1.29 is 0 Å². The van der Waals surface area contributed by atoms with Crippen molar-refractivity contribution in [3.05, 3.63) is 18.2 Å². The highest BCUT2D eigenvalue weighted by molar-refractivity contribution is 8.00. The van der Waals surface area contributed by atoms with Gasteiger partial charge in [0.2, 0.25) is 0 Å². The van der Waals surface area contributed by atoms with E-state index >= 15 is 0 Å². The summed E-state index contributed by atoms with van der Waals surface area (Å²) >= 11 is 2.02. The van der Waals surface area contributed by atoms with Crippen LogP contribution < -0.4 is 0 Å². The van der Waals surface area contributed by atoms with E-state index in [4.69, 9.17) is 0 Å². The molecule has 1 aromatic carbocycles. The van der Waals surface area contributed by atoms with Crippen LogP contribution in [-0.4, -0.2) is 44.7 Å². The summed E-state index contributed by atoms with van der Waals surface area (Å²) in [6.07, 6.45) is 5.43. The number of piperidine rings is 1. The van der Waals surface area contributed by atoms with Crippen LogP contribution in [-0.2, 0) is 0 Å². The van der Waals surface area contributed by atoms with Crippen molar-refractivity contribution in [1.82, 2.24) is 20.3 Å². The number of benzene rings is 1. The van der Waals surface area contributed by atoms with Crippen LogP contribution in [0.25, 0.3) is 11.0 Å². The van der Waals surface area contributed by atoms with Crippen molar-refractivity contribution in [1.29, 1.82) is 0 Å². The molecule has 3 atom stereocenters. The van der Waals surface area contributed by atoms with Gasteiger partial charge in [-0.2, -0.15) is 0 Å². The minimum absolute atomic E-state index is 0.762. The number of aromatic nitrogens is 3. The highest BCUT2D eigenvalue weighted by Gasteiger charge is 2.38. The lowest BCUT2D eigenvalue weighted by molar-refractivity contribution is 0.183. The van der Waals surface area contributed by atoms with Gasteiger partial charge in [0.05, 0.1) is 5.52 Å². The van der Waals surface area contributed by atoms with Crippen LogP contribution in [0.1, 0.15) is 25.7 Å². The van der Waals surface area contributed by atoms with Gasteiger partial charge in [0.15, 0.2) is 0 Å². The third kappa shape index (κ3) is 2.05. The summed E-state index contributed by atoms with van der Waals surface area (Å²) in [4.78, 5) is 3.92. The molecule has 5 heteroatoms. The SMILES string of the molecule is CN1[C@@H]2CC[C@H]1C[C@H](Sc1ccc3[nH]nnc3c1)C2. The van der Waals surface area contributed by atoms with Gasteiger partial charge in [-0.25, -0.2) is 0 Å². The summed E-state index contributed by atoms with van der Waals surface area (Å²) in [5.74, 6) is 0. The Labute approximate surface area is 116 Å². The summed E-state index contributed by atoms with van der Waals surface area (Å²) in [6, 6.07) is 8.05. The highest BCUT2D eigenvalue weighted by atomic mass is 32.2. The van der Waals surface area contributed by atoms with Gasteiger partial charge in [0, 0.05) is 22.2 Å². The fourth-order valence-electron chi connectivity index (χ4n) is 3.55. The molecule has 0 spiro atoms. The summed E-state index contributed by atoms with van der Waals surface area (Å²) in [7, 11) is 2.30. The molecule has 0 radical (unpaired) electrons. The highest BCUT2D eigenvalue weighted by Crippen LogP contribution is 2.41. The summed E-state index contributed by atoms with van der Waals surface area (Å²) in [5.41, 5.74) is 1.99. The molecule has 2 aliphatic rings. The number of aromatic amines is 1. The third-order valence-corrected chi connectivity index (χ3v) is 5.90. The van der Waals surface area contributed by atoms with E-state index in [1.54, 1.807) is 0 Å². The molecule has 1 aromatic heterocycles. The Morgan fingerprint density at radius 2 is 2.05 bits per heavy atom. The maximum atomic E-state index is 4.10. The Morgan fingerprint density at radius 3 is 2.84 bits per heavy atom. The number of hydrogen-bond acceptors (Lipinski definition) is 4. The fourth-order valence-corrected chi connectivity index (χ4v) is 4.89. The van der Waals surface area contributed by atoms with E-state index < -0.39 is 0 Å². The molecule has 4 rings (SSSR count). The van der Waals surface area contributed by atoms with E-state index in [1.165, 1.54) is 30.6 Å². The molecule has 4 nitrogen and oxygen atoms in total. The van der Waals surface area contributed by atoms with Crippen LogP contribution >= 0.6 is 11.8 Å². The van der Waals surface area contributed by atoms with Crippen LogP contribution in [0.3, 0.4) is 0 Å². The molecule has 1 N–H and O–H groups in total. The normalized spacial score (nSPS) is 31.1. The second-order valence-corrected chi connectivity index (χ2v) is 7.13. The van der Waals surface area contributed by atoms with Crippen LogP contribution in [0.5, 0.6) is 0 Å². The number of fused-ring (bicyclic) bond motifs is 3. The van der Waals surface area contributed by atoms with E-state index in [2.05, 4.69) is 45.6 Å². The van der Waals surface area contributed by atoms with Crippen molar-refractivity contribution in [2.75, 3.05) is 7.05 Å². The molecule has 2 bridgehead atoms. The van der Waals surface area contributed by atoms with E-state index in [9.17, 15) is 0 Å². The predicted octanol–water partition coefficient (Wildman–Crippen LogP) is 2.68. The molecule has 19 heavy (non-hydrogen) atoms. The van der Waals surface area contributed by atoms with Crippen LogP contribution in [0.15, 0.2) is 23.1 Å².